The standard InChI is InChI=1S/C17H18ClN3O5/c1-12-14(18)7-4-8-15(12)20-16-13(6-5-9-19-16)17(22)25-10-2-3-11-26-21(23)24/h4-9H,2-3,10-11H2,1H3,(H,19,20). The highest BCUT2D eigenvalue weighted by Gasteiger charge is 2.15. The van der Waals surface area contributed by atoms with Gasteiger partial charge in [-0.3, -0.25) is 0 Å². The molecule has 0 aliphatic heterocycles. The van der Waals surface area contributed by atoms with Crippen molar-refractivity contribution < 1.29 is 19.5 Å². The maximum absolute atomic E-state index is 12.3. The van der Waals surface area contributed by atoms with Crippen molar-refractivity contribution in [3.05, 3.63) is 62.8 Å². The van der Waals surface area contributed by atoms with Gasteiger partial charge in [0.1, 0.15) is 11.4 Å². The summed E-state index contributed by atoms with van der Waals surface area (Å²) in [4.78, 5) is 30.7. The highest BCUT2D eigenvalue weighted by atomic mass is 35.5. The van der Waals surface area contributed by atoms with Crippen LogP contribution in [0.4, 0.5) is 11.5 Å². The van der Waals surface area contributed by atoms with Crippen LogP contribution in [0.15, 0.2) is 36.5 Å². The number of unbranched alkanes of at least 4 members (excludes halogenated alkanes) is 1. The minimum Gasteiger partial charge on any atom is -0.462 e. The number of esters is 1. The van der Waals surface area contributed by atoms with Gasteiger partial charge >= 0.3 is 5.97 Å². The second kappa shape index (κ2) is 9.57. The van der Waals surface area contributed by atoms with Crippen LogP contribution >= 0.6 is 11.6 Å². The van der Waals surface area contributed by atoms with Gasteiger partial charge in [-0.1, -0.05) is 17.7 Å². The summed E-state index contributed by atoms with van der Waals surface area (Å²) in [5.74, 6) is -0.171. The van der Waals surface area contributed by atoms with E-state index < -0.39 is 11.1 Å². The number of hydrogen-bond donors (Lipinski definition) is 1. The van der Waals surface area contributed by atoms with E-state index in [4.69, 9.17) is 16.3 Å². The Kier molecular flexibility index (Phi) is 7.16. The summed E-state index contributed by atoms with van der Waals surface area (Å²) in [5.41, 5.74) is 1.86. The average Bonchev–Trinajstić information content (AvgIpc) is 2.62. The van der Waals surface area contributed by atoms with Crippen LogP contribution < -0.4 is 5.32 Å². The maximum atomic E-state index is 12.3. The van der Waals surface area contributed by atoms with Crippen LogP contribution in [0.1, 0.15) is 28.8 Å². The van der Waals surface area contributed by atoms with E-state index in [1.807, 2.05) is 13.0 Å². The number of pyridine rings is 1. The number of aromatic nitrogens is 1. The monoisotopic (exact) mass is 379 g/mol. The number of anilines is 2. The first kappa shape index (κ1) is 19.5. The van der Waals surface area contributed by atoms with E-state index in [1.54, 1.807) is 30.5 Å². The fraction of sp³-hybridized carbons (Fsp3) is 0.294. The Morgan fingerprint density at radius 1 is 1.27 bits per heavy atom. The normalized spacial score (nSPS) is 10.2. The van der Waals surface area contributed by atoms with Crippen molar-refractivity contribution >= 4 is 29.1 Å². The van der Waals surface area contributed by atoms with Gasteiger partial charge in [0.25, 0.3) is 5.09 Å². The van der Waals surface area contributed by atoms with Gasteiger partial charge in [-0.2, -0.15) is 0 Å². The van der Waals surface area contributed by atoms with Gasteiger partial charge in [-0.05, 0) is 49.6 Å². The van der Waals surface area contributed by atoms with Crippen molar-refractivity contribution in [1.29, 1.82) is 0 Å². The molecule has 1 N–H and O–H groups in total. The van der Waals surface area contributed by atoms with Crippen LogP contribution in [-0.2, 0) is 9.57 Å². The fourth-order valence-corrected chi connectivity index (χ4v) is 2.30. The van der Waals surface area contributed by atoms with E-state index in [0.29, 0.717) is 23.7 Å². The van der Waals surface area contributed by atoms with Crippen LogP contribution in [0, 0.1) is 17.0 Å². The Morgan fingerprint density at radius 3 is 2.81 bits per heavy atom. The Hall–Kier alpha value is -2.87. The summed E-state index contributed by atoms with van der Waals surface area (Å²) in [6, 6.07) is 8.65. The Bertz CT molecular complexity index is 785. The minimum atomic E-state index is -0.850. The van der Waals surface area contributed by atoms with Crippen molar-refractivity contribution in [2.75, 3.05) is 18.5 Å². The summed E-state index contributed by atoms with van der Waals surface area (Å²) >= 11 is 6.11. The van der Waals surface area contributed by atoms with Gasteiger partial charge in [0.15, 0.2) is 0 Å². The molecule has 138 valence electrons. The van der Waals surface area contributed by atoms with Crippen molar-refractivity contribution in [3.8, 4) is 0 Å². The number of nitrogens with one attached hydrogen (secondary N) is 1. The van der Waals surface area contributed by atoms with E-state index >= 15 is 0 Å². The summed E-state index contributed by atoms with van der Waals surface area (Å²) in [6.07, 6.45) is 2.43. The number of carbonyl (C=O) groups excluding carboxylic acids is 1. The molecule has 2 aromatic rings. The third-order valence-corrected chi connectivity index (χ3v) is 3.93. The smallest absolute Gasteiger partial charge is 0.341 e. The first-order valence-electron chi connectivity index (χ1n) is 7.90. The molecule has 0 aliphatic carbocycles. The number of carbonyl (C=O) groups is 1. The molecule has 0 bridgehead atoms. The first-order chi connectivity index (χ1) is 12.5. The quantitative estimate of drug-likeness (QED) is 0.304. The molecule has 0 spiro atoms. The van der Waals surface area contributed by atoms with E-state index in [-0.39, 0.29) is 18.8 Å². The Balaban J connectivity index is 1.96. The van der Waals surface area contributed by atoms with Gasteiger partial charge in [0, 0.05) is 16.9 Å². The molecule has 1 heterocycles. The van der Waals surface area contributed by atoms with Crippen molar-refractivity contribution in [1.82, 2.24) is 4.98 Å². The lowest BCUT2D eigenvalue weighted by atomic mass is 10.2. The molecular formula is C17H18ClN3O5. The number of halogens is 1. The molecule has 0 saturated heterocycles. The van der Waals surface area contributed by atoms with Crippen LogP contribution in [0.3, 0.4) is 0 Å². The van der Waals surface area contributed by atoms with Crippen molar-refractivity contribution in [3.63, 3.8) is 0 Å². The predicted molar refractivity (Wildman–Crippen MR) is 96.2 cm³/mol. The number of benzene rings is 1. The highest BCUT2D eigenvalue weighted by Crippen LogP contribution is 2.26. The Labute approximate surface area is 155 Å². The number of rotatable bonds is 9. The second-order valence-electron chi connectivity index (χ2n) is 5.34. The molecule has 2 rings (SSSR count). The highest BCUT2D eigenvalue weighted by molar-refractivity contribution is 6.31. The van der Waals surface area contributed by atoms with Crippen LogP contribution in [-0.4, -0.2) is 29.3 Å². The first-order valence-corrected chi connectivity index (χ1v) is 8.28. The SMILES string of the molecule is Cc1c(Cl)cccc1Nc1ncccc1C(=O)OCCCCO[N+](=O)[O-]. The van der Waals surface area contributed by atoms with Crippen LogP contribution in [0.2, 0.25) is 5.02 Å². The zero-order valence-corrected chi connectivity index (χ0v) is 14.9. The molecule has 26 heavy (non-hydrogen) atoms. The zero-order chi connectivity index (χ0) is 18.9. The van der Waals surface area contributed by atoms with E-state index in [1.165, 1.54) is 0 Å². The average molecular weight is 380 g/mol. The lowest BCUT2D eigenvalue weighted by Crippen LogP contribution is -2.11. The van der Waals surface area contributed by atoms with Gasteiger partial charge in [0.2, 0.25) is 0 Å². The lowest BCUT2D eigenvalue weighted by Gasteiger charge is -2.13. The summed E-state index contributed by atoms with van der Waals surface area (Å²) in [5, 5.41) is 12.9. The Morgan fingerprint density at radius 2 is 2.04 bits per heavy atom. The summed E-state index contributed by atoms with van der Waals surface area (Å²) < 4.78 is 5.20. The molecule has 8 nitrogen and oxygen atoms in total. The van der Waals surface area contributed by atoms with Gasteiger partial charge < -0.3 is 14.9 Å². The van der Waals surface area contributed by atoms with E-state index in [2.05, 4.69) is 15.1 Å². The lowest BCUT2D eigenvalue weighted by molar-refractivity contribution is -0.757. The predicted octanol–water partition coefficient (Wildman–Crippen LogP) is 3.93. The third kappa shape index (κ3) is 5.59. The van der Waals surface area contributed by atoms with Crippen LogP contribution in [0.5, 0.6) is 0 Å². The van der Waals surface area contributed by atoms with Crippen LogP contribution in [0.25, 0.3) is 0 Å². The van der Waals surface area contributed by atoms with Crippen molar-refractivity contribution in [2.45, 2.75) is 19.8 Å². The third-order valence-electron chi connectivity index (χ3n) is 3.52. The molecule has 0 amide bonds. The number of ether oxygens (including phenoxy) is 1. The topological polar surface area (TPSA) is 104 Å². The largest absolute Gasteiger partial charge is 0.462 e. The summed E-state index contributed by atoms with van der Waals surface area (Å²) in [6.45, 7) is 1.96. The second-order valence-corrected chi connectivity index (χ2v) is 5.74. The van der Waals surface area contributed by atoms with E-state index in [9.17, 15) is 14.9 Å². The molecule has 0 radical (unpaired) electrons. The molecule has 0 unspecified atom stereocenters. The zero-order valence-electron chi connectivity index (χ0n) is 14.1. The molecular weight excluding hydrogens is 362 g/mol. The maximum Gasteiger partial charge on any atom is 0.341 e. The molecule has 0 aliphatic rings. The van der Waals surface area contributed by atoms with Gasteiger partial charge in [-0.25, -0.2) is 9.78 Å². The molecule has 9 heteroatoms. The number of hydrogen-bond acceptors (Lipinski definition) is 7. The molecule has 0 saturated carbocycles. The van der Waals surface area contributed by atoms with Crippen molar-refractivity contribution in [2.24, 2.45) is 0 Å². The number of nitrogens with zero attached hydrogens (tertiary/aromatic N) is 2. The van der Waals surface area contributed by atoms with Gasteiger partial charge in [-0.15, -0.1) is 10.1 Å². The minimum absolute atomic E-state index is 0.0295. The fourth-order valence-electron chi connectivity index (χ4n) is 2.13. The molecule has 1 aromatic heterocycles. The summed E-state index contributed by atoms with van der Waals surface area (Å²) in [7, 11) is 0. The van der Waals surface area contributed by atoms with E-state index in [0.717, 1.165) is 11.3 Å². The molecule has 0 atom stereocenters. The molecule has 1 aromatic carbocycles. The molecule has 0 fully saturated rings. The van der Waals surface area contributed by atoms with Gasteiger partial charge in [0.05, 0.1) is 13.2 Å².